The third kappa shape index (κ3) is 3.45. The highest BCUT2D eigenvalue weighted by atomic mass is 19.1. The Bertz CT molecular complexity index is 514. The molecule has 1 heterocycles. The van der Waals surface area contributed by atoms with Crippen LogP contribution in [0.25, 0.3) is 0 Å². The summed E-state index contributed by atoms with van der Waals surface area (Å²) in [5.74, 6) is -1.93. The minimum atomic E-state index is -1.28. The molecular formula is C13H16FN3O3. The molecule has 20 heavy (non-hydrogen) atoms. The zero-order chi connectivity index (χ0) is 14.5. The van der Waals surface area contributed by atoms with Crippen molar-refractivity contribution in [3.8, 4) is 0 Å². The first-order valence-corrected chi connectivity index (χ1v) is 6.37. The monoisotopic (exact) mass is 281 g/mol. The summed E-state index contributed by atoms with van der Waals surface area (Å²) in [7, 11) is 0. The number of carboxylic acids is 1. The van der Waals surface area contributed by atoms with Gasteiger partial charge in [0, 0.05) is 19.6 Å². The molecule has 0 aromatic heterocycles. The first kappa shape index (κ1) is 14.3. The second kappa shape index (κ2) is 6.33. The van der Waals surface area contributed by atoms with Crippen LogP contribution in [0.5, 0.6) is 0 Å². The topological polar surface area (TPSA) is 81.7 Å². The van der Waals surface area contributed by atoms with E-state index in [-0.39, 0.29) is 17.3 Å². The Hall–Kier alpha value is -2.15. The summed E-state index contributed by atoms with van der Waals surface area (Å²) < 4.78 is 13.1. The number of carbonyl (C=O) groups excluding carboxylic acids is 1. The standard InChI is InChI=1S/C13H16FN3O3/c14-9-2-3-11(10(8-9)12(18)19)16-13(20)17-6-1-4-15-5-7-17/h2-3,8,15H,1,4-7H2,(H,16,20)(H,18,19). The van der Waals surface area contributed by atoms with Gasteiger partial charge in [0.1, 0.15) is 5.82 Å². The molecule has 3 N–H and O–H groups in total. The average molecular weight is 281 g/mol. The fourth-order valence-electron chi connectivity index (χ4n) is 2.05. The second-order valence-electron chi connectivity index (χ2n) is 4.52. The molecule has 1 aromatic carbocycles. The van der Waals surface area contributed by atoms with Gasteiger partial charge in [0.15, 0.2) is 0 Å². The van der Waals surface area contributed by atoms with E-state index in [4.69, 9.17) is 5.11 Å². The van der Waals surface area contributed by atoms with E-state index in [9.17, 15) is 14.0 Å². The summed E-state index contributed by atoms with van der Waals surface area (Å²) in [6, 6.07) is 2.89. The highest BCUT2D eigenvalue weighted by Crippen LogP contribution is 2.17. The van der Waals surface area contributed by atoms with Crippen molar-refractivity contribution in [2.24, 2.45) is 0 Å². The summed E-state index contributed by atoms with van der Waals surface area (Å²) in [4.78, 5) is 24.7. The van der Waals surface area contributed by atoms with Crippen LogP contribution in [0.3, 0.4) is 0 Å². The van der Waals surface area contributed by atoms with Crippen LogP contribution in [0.4, 0.5) is 14.9 Å². The van der Waals surface area contributed by atoms with Gasteiger partial charge in [-0.05, 0) is 31.2 Å². The number of carbonyl (C=O) groups is 2. The van der Waals surface area contributed by atoms with Crippen molar-refractivity contribution < 1.29 is 19.1 Å². The molecule has 1 aliphatic rings. The molecule has 1 aliphatic heterocycles. The van der Waals surface area contributed by atoms with Crippen LogP contribution >= 0.6 is 0 Å². The van der Waals surface area contributed by atoms with Gasteiger partial charge in [0.2, 0.25) is 0 Å². The first-order valence-electron chi connectivity index (χ1n) is 6.37. The number of aromatic carboxylic acids is 1. The van der Waals surface area contributed by atoms with Crippen molar-refractivity contribution in [1.82, 2.24) is 10.2 Å². The Morgan fingerprint density at radius 3 is 2.85 bits per heavy atom. The van der Waals surface area contributed by atoms with E-state index >= 15 is 0 Å². The number of halogens is 1. The van der Waals surface area contributed by atoms with E-state index in [1.165, 1.54) is 6.07 Å². The number of nitrogens with one attached hydrogen (secondary N) is 2. The van der Waals surface area contributed by atoms with Gasteiger partial charge in [-0.3, -0.25) is 0 Å². The van der Waals surface area contributed by atoms with Crippen LogP contribution in [-0.2, 0) is 0 Å². The molecule has 0 radical (unpaired) electrons. The van der Waals surface area contributed by atoms with E-state index in [0.717, 1.165) is 25.1 Å². The second-order valence-corrected chi connectivity index (χ2v) is 4.52. The molecule has 2 amide bonds. The zero-order valence-corrected chi connectivity index (χ0v) is 10.9. The molecular weight excluding hydrogens is 265 g/mol. The van der Waals surface area contributed by atoms with Crippen molar-refractivity contribution in [3.63, 3.8) is 0 Å². The Kier molecular flexibility index (Phi) is 4.52. The number of rotatable bonds is 2. The van der Waals surface area contributed by atoms with E-state index in [1.54, 1.807) is 4.90 Å². The first-order chi connectivity index (χ1) is 9.58. The molecule has 0 aliphatic carbocycles. The smallest absolute Gasteiger partial charge is 0.337 e. The van der Waals surface area contributed by atoms with Crippen molar-refractivity contribution in [1.29, 1.82) is 0 Å². The van der Waals surface area contributed by atoms with Crippen molar-refractivity contribution in [3.05, 3.63) is 29.6 Å². The zero-order valence-electron chi connectivity index (χ0n) is 10.9. The minimum absolute atomic E-state index is 0.0982. The molecule has 108 valence electrons. The van der Waals surface area contributed by atoms with Gasteiger partial charge in [-0.1, -0.05) is 0 Å². The predicted octanol–water partition coefficient (Wildman–Crippen LogP) is 1.35. The molecule has 0 saturated carbocycles. The maximum atomic E-state index is 13.1. The van der Waals surface area contributed by atoms with Crippen LogP contribution in [0.2, 0.25) is 0 Å². The van der Waals surface area contributed by atoms with Crippen LogP contribution in [0.1, 0.15) is 16.8 Å². The lowest BCUT2D eigenvalue weighted by Crippen LogP contribution is -2.37. The Morgan fingerprint density at radius 1 is 1.30 bits per heavy atom. The summed E-state index contributed by atoms with van der Waals surface area (Å²) in [6.07, 6.45) is 0.836. The molecule has 7 heteroatoms. The van der Waals surface area contributed by atoms with Gasteiger partial charge >= 0.3 is 12.0 Å². The van der Waals surface area contributed by atoms with Gasteiger partial charge < -0.3 is 20.6 Å². The Morgan fingerprint density at radius 2 is 2.10 bits per heavy atom. The highest BCUT2D eigenvalue weighted by molar-refractivity contribution is 6.00. The van der Waals surface area contributed by atoms with Crippen molar-refractivity contribution in [2.45, 2.75) is 6.42 Å². The Labute approximate surface area is 115 Å². The number of carboxylic acid groups (broad SMARTS) is 1. The number of urea groups is 1. The van der Waals surface area contributed by atoms with E-state index in [1.807, 2.05) is 0 Å². The van der Waals surface area contributed by atoms with Gasteiger partial charge in [0.05, 0.1) is 11.3 Å². The SMILES string of the molecule is O=C(O)c1cc(F)ccc1NC(=O)N1CCCNCC1. The lowest BCUT2D eigenvalue weighted by molar-refractivity contribution is 0.0697. The normalized spacial score (nSPS) is 15.6. The summed E-state index contributed by atoms with van der Waals surface area (Å²) in [5.41, 5.74) is -0.160. The third-order valence-electron chi connectivity index (χ3n) is 3.08. The maximum Gasteiger partial charge on any atom is 0.337 e. The third-order valence-corrected chi connectivity index (χ3v) is 3.08. The van der Waals surface area contributed by atoms with Gasteiger partial charge in [0.25, 0.3) is 0 Å². The molecule has 0 spiro atoms. The molecule has 1 saturated heterocycles. The predicted molar refractivity (Wildman–Crippen MR) is 71.4 cm³/mol. The number of benzene rings is 1. The van der Waals surface area contributed by atoms with Gasteiger partial charge in [-0.25, -0.2) is 14.0 Å². The molecule has 2 rings (SSSR count). The Balaban J connectivity index is 2.12. The van der Waals surface area contributed by atoms with Crippen LogP contribution in [-0.4, -0.2) is 48.2 Å². The van der Waals surface area contributed by atoms with Gasteiger partial charge in [-0.2, -0.15) is 0 Å². The van der Waals surface area contributed by atoms with E-state index < -0.39 is 11.8 Å². The molecule has 1 fully saturated rings. The van der Waals surface area contributed by atoms with E-state index in [0.29, 0.717) is 19.6 Å². The quantitative estimate of drug-likeness (QED) is 0.764. The average Bonchev–Trinajstić information content (AvgIpc) is 2.69. The van der Waals surface area contributed by atoms with Crippen LogP contribution < -0.4 is 10.6 Å². The highest BCUT2D eigenvalue weighted by Gasteiger charge is 2.18. The number of amides is 2. The van der Waals surface area contributed by atoms with Crippen LogP contribution in [0, 0.1) is 5.82 Å². The fraction of sp³-hybridized carbons (Fsp3) is 0.385. The van der Waals surface area contributed by atoms with Gasteiger partial charge in [-0.15, -0.1) is 0 Å². The molecule has 0 unspecified atom stereocenters. The largest absolute Gasteiger partial charge is 0.478 e. The number of anilines is 1. The number of hydrogen-bond donors (Lipinski definition) is 3. The van der Waals surface area contributed by atoms with Crippen molar-refractivity contribution in [2.75, 3.05) is 31.5 Å². The summed E-state index contributed by atoms with van der Waals surface area (Å²) >= 11 is 0. The number of hydrogen-bond acceptors (Lipinski definition) is 3. The lowest BCUT2D eigenvalue weighted by atomic mass is 10.1. The molecule has 0 bridgehead atoms. The summed E-state index contributed by atoms with van der Waals surface area (Å²) in [5, 5.41) is 14.7. The van der Waals surface area contributed by atoms with Crippen molar-refractivity contribution >= 4 is 17.7 Å². The van der Waals surface area contributed by atoms with E-state index in [2.05, 4.69) is 10.6 Å². The number of nitrogens with zero attached hydrogens (tertiary/aromatic N) is 1. The fourth-order valence-corrected chi connectivity index (χ4v) is 2.05. The molecule has 6 nitrogen and oxygen atoms in total. The maximum absolute atomic E-state index is 13.1. The molecule has 0 atom stereocenters. The molecule has 1 aromatic rings. The summed E-state index contributed by atoms with van der Waals surface area (Å²) in [6.45, 7) is 2.70. The lowest BCUT2D eigenvalue weighted by Gasteiger charge is -2.21. The minimum Gasteiger partial charge on any atom is -0.478 e. The van der Waals surface area contributed by atoms with Crippen LogP contribution in [0.15, 0.2) is 18.2 Å².